The molecule has 0 aliphatic heterocycles. The summed E-state index contributed by atoms with van der Waals surface area (Å²) < 4.78 is 0. The maximum absolute atomic E-state index is 2.36. The van der Waals surface area contributed by atoms with Crippen LogP contribution in [0.15, 0.2) is 24.3 Å². The third-order valence-electron chi connectivity index (χ3n) is 2.78. The number of unbranched alkanes of at least 4 members (excludes halogenated alkanes) is 7. The van der Waals surface area contributed by atoms with Crippen molar-refractivity contribution in [2.45, 2.75) is 78.1 Å². The summed E-state index contributed by atoms with van der Waals surface area (Å²) in [4.78, 5) is 0. The van der Waals surface area contributed by atoms with Crippen LogP contribution < -0.4 is 0 Å². The molecule has 0 atom stereocenters. The first-order valence-electron chi connectivity index (χ1n) is 7.21. The smallest absolute Gasteiger partial charge is 0.0316 e. The molecule has 0 aromatic carbocycles. The van der Waals surface area contributed by atoms with Crippen molar-refractivity contribution in [1.29, 1.82) is 0 Å². The van der Waals surface area contributed by atoms with Crippen molar-refractivity contribution in [3.8, 4) is 0 Å². The molecule has 0 aromatic rings. The molecule has 0 spiro atoms. The first-order chi connectivity index (χ1) is 7.91. The number of hydrogen-bond acceptors (Lipinski definition) is 0. The molecule has 0 unspecified atom stereocenters. The summed E-state index contributed by atoms with van der Waals surface area (Å²) in [5, 5.41) is 0. The van der Waals surface area contributed by atoms with E-state index in [1.165, 1.54) is 64.2 Å². The highest BCUT2D eigenvalue weighted by Gasteiger charge is 1.84. The fourth-order valence-electron chi connectivity index (χ4n) is 1.67. The fourth-order valence-corrected chi connectivity index (χ4v) is 1.67. The van der Waals surface area contributed by atoms with Gasteiger partial charge in [0.15, 0.2) is 0 Å². The summed E-state index contributed by atoms with van der Waals surface area (Å²) in [7, 11) is 0. The van der Waals surface area contributed by atoms with E-state index in [-0.39, 0.29) is 0 Å². The number of hydrogen-bond donors (Lipinski definition) is 0. The Balaban J connectivity index is 3.12. The van der Waals surface area contributed by atoms with Gasteiger partial charge in [0, 0.05) is 0 Å². The maximum atomic E-state index is 2.36. The third-order valence-corrected chi connectivity index (χ3v) is 2.78. The van der Waals surface area contributed by atoms with Gasteiger partial charge in [-0.1, -0.05) is 70.3 Å². The Morgan fingerprint density at radius 3 is 1.56 bits per heavy atom. The lowest BCUT2D eigenvalue weighted by Crippen LogP contribution is -1.74. The Bertz CT molecular complexity index is 165. The van der Waals surface area contributed by atoms with Gasteiger partial charge >= 0.3 is 0 Å². The molecule has 0 bridgehead atoms. The van der Waals surface area contributed by atoms with Crippen LogP contribution in [0.5, 0.6) is 0 Å². The summed E-state index contributed by atoms with van der Waals surface area (Å²) in [5.74, 6) is 0. The number of allylic oxidation sites excluding steroid dienone is 4. The minimum absolute atomic E-state index is 1.22. The Morgan fingerprint density at radius 2 is 1.00 bits per heavy atom. The van der Waals surface area contributed by atoms with Gasteiger partial charge in [0.05, 0.1) is 0 Å². The molecule has 16 heavy (non-hydrogen) atoms. The van der Waals surface area contributed by atoms with E-state index in [1.54, 1.807) is 0 Å². The Labute approximate surface area is 103 Å². The van der Waals surface area contributed by atoms with Crippen molar-refractivity contribution in [2.24, 2.45) is 0 Å². The molecular weight excluding hydrogens is 192 g/mol. The maximum Gasteiger partial charge on any atom is -0.0316 e. The van der Waals surface area contributed by atoms with Crippen LogP contribution in [-0.4, -0.2) is 0 Å². The SMILES string of the molecule is CCCC/C=C\CCC=CCCCCCC. The second-order valence-electron chi connectivity index (χ2n) is 4.51. The van der Waals surface area contributed by atoms with Crippen molar-refractivity contribution in [2.75, 3.05) is 0 Å². The lowest BCUT2D eigenvalue weighted by Gasteiger charge is -1.94. The first-order valence-corrected chi connectivity index (χ1v) is 7.21. The average Bonchev–Trinajstić information content (AvgIpc) is 2.31. The molecule has 0 rings (SSSR count). The van der Waals surface area contributed by atoms with Crippen LogP contribution in [0.25, 0.3) is 0 Å². The van der Waals surface area contributed by atoms with Crippen molar-refractivity contribution in [3.63, 3.8) is 0 Å². The van der Waals surface area contributed by atoms with Gasteiger partial charge in [-0.15, -0.1) is 0 Å². The summed E-state index contributed by atoms with van der Waals surface area (Å²) in [6.07, 6.45) is 22.5. The van der Waals surface area contributed by atoms with E-state index in [0.29, 0.717) is 0 Å². The highest BCUT2D eigenvalue weighted by atomic mass is 13.9. The van der Waals surface area contributed by atoms with Gasteiger partial charge in [0.1, 0.15) is 0 Å². The van der Waals surface area contributed by atoms with Crippen LogP contribution >= 0.6 is 0 Å². The fraction of sp³-hybridized carbons (Fsp3) is 0.750. The van der Waals surface area contributed by atoms with Gasteiger partial charge in [-0.2, -0.15) is 0 Å². The molecule has 0 radical (unpaired) electrons. The first kappa shape index (κ1) is 15.5. The topological polar surface area (TPSA) is 0 Å². The van der Waals surface area contributed by atoms with Gasteiger partial charge < -0.3 is 0 Å². The average molecular weight is 222 g/mol. The summed E-state index contributed by atoms with van der Waals surface area (Å²) in [6.45, 7) is 4.51. The molecular formula is C16H30. The van der Waals surface area contributed by atoms with Gasteiger partial charge in [-0.05, 0) is 32.1 Å². The van der Waals surface area contributed by atoms with E-state index in [2.05, 4.69) is 38.2 Å². The Morgan fingerprint density at radius 1 is 0.500 bits per heavy atom. The Hall–Kier alpha value is -0.520. The standard InChI is InChI=1S/C16H30/c1-3-5-7-9-11-13-15-16-14-12-10-8-6-4-2/h9,11,14,16H,3-8,10,12-13,15H2,1-2H3/b11-9-,16-14?. The van der Waals surface area contributed by atoms with Crippen LogP contribution in [0.2, 0.25) is 0 Å². The molecule has 0 saturated heterocycles. The molecule has 0 fully saturated rings. The zero-order valence-corrected chi connectivity index (χ0v) is 11.4. The Kier molecular flexibility index (Phi) is 14.0. The van der Waals surface area contributed by atoms with Gasteiger partial charge in [-0.25, -0.2) is 0 Å². The molecule has 0 amide bonds. The lowest BCUT2D eigenvalue weighted by atomic mass is 10.1. The van der Waals surface area contributed by atoms with Gasteiger partial charge in [0.2, 0.25) is 0 Å². The summed E-state index contributed by atoms with van der Waals surface area (Å²) in [5.41, 5.74) is 0. The predicted molar refractivity (Wildman–Crippen MR) is 75.8 cm³/mol. The minimum atomic E-state index is 1.22. The predicted octanol–water partition coefficient (Wildman–Crippen LogP) is 6.04. The van der Waals surface area contributed by atoms with Crippen LogP contribution in [0, 0.1) is 0 Å². The summed E-state index contributed by atoms with van der Waals surface area (Å²) >= 11 is 0. The van der Waals surface area contributed by atoms with Crippen molar-refractivity contribution < 1.29 is 0 Å². The van der Waals surface area contributed by atoms with Crippen LogP contribution in [0.4, 0.5) is 0 Å². The zero-order chi connectivity index (χ0) is 11.9. The molecule has 0 N–H and O–H groups in total. The number of rotatable bonds is 11. The molecule has 0 aliphatic rings. The molecule has 94 valence electrons. The van der Waals surface area contributed by atoms with Crippen molar-refractivity contribution in [3.05, 3.63) is 24.3 Å². The molecule has 0 aromatic heterocycles. The molecule has 0 heteroatoms. The molecule has 0 aliphatic carbocycles. The van der Waals surface area contributed by atoms with Crippen LogP contribution in [0.1, 0.15) is 78.1 Å². The quantitative estimate of drug-likeness (QED) is 0.295. The second kappa shape index (κ2) is 14.5. The van der Waals surface area contributed by atoms with Crippen LogP contribution in [-0.2, 0) is 0 Å². The normalized spacial score (nSPS) is 11.9. The van der Waals surface area contributed by atoms with Crippen molar-refractivity contribution in [1.82, 2.24) is 0 Å². The second-order valence-corrected chi connectivity index (χ2v) is 4.51. The van der Waals surface area contributed by atoms with E-state index in [9.17, 15) is 0 Å². The molecule has 0 nitrogen and oxygen atoms in total. The third kappa shape index (κ3) is 13.5. The van der Waals surface area contributed by atoms with Crippen LogP contribution in [0.3, 0.4) is 0 Å². The molecule has 0 saturated carbocycles. The van der Waals surface area contributed by atoms with E-state index in [4.69, 9.17) is 0 Å². The van der Waals surface area contributed by atoms with E-state index < -0.39 is 0 Å². The van der Waals surface area contributed by atoms with E-state index in [0.717, 1.165) is 0 Å². The van der Waals surface area contributed by atoms with Gasteiger partial charge in [0.25, 0.3) is 0 Å². The largest absolute Gasteiger partial charge is 0.0885 e. The highest BCUT2D eigenvalue weighted by molar-refractivity contribution is 4.87. The van der Waals surface area contributed by atoms with E-state index >= 15 is 0 Å². The monoisotopic (exact) mass is 222 g/mol. The van der Waals surface area contributed by atoms with E-state index in [1.807, 2.05) is 0 Å². The minimum Gasteiger partial charge on any atom is -0.0885 e. The lowest BCUT2D eigenvalue weighted by molar-refractivity contribution is 0.674. The van der Waals surface area contributed by atoms with Crippen molar-refractivity contribution >= 4 is 0 Å². The zero-order valence-electron chi connectivity index (χ0n) is 11.4. The summed E-state index contributed by atoms with van der Waals surface area (Å²) in [6, 6.07) is 0. The van der Waals surface area contributed by atoms with Gasteiger partial charge in [-0.3, -0.25) is 0 Å². The highest BCUT2D eigenvalue weighted by Crippen LogP contribution is 2.04. The molecule has 0 heterocycles.